The highest BCUT2D eigenvalue weighted by molar-refractivity contribution is 9.10. The monoisotopic (exact) mass is 328 g/mol. The van der Waals surface area contributed by atoms with Gasteiger partial charge in [0.2, 0.25) is 5.91 Å². The Labute approximate surface area is 119 Å². The van der Waals surface area contributed by atoms with E-state index in [0.29, 0.717) is 18.7 Å². The molecule has 4 nitrogen and oxygen atoms in total. The van der Waals surface area contributed by atoms with Crippen LogP contribution in [-0.4, -0.2) is 35.8 Å². The van der Waals surface area contributed by atoms with Crippen LogP contribution >= 0.6 is 15.9 Å². The second-order valence-corrected chi connectivity index (χ2v) is 5.33. The molecule has 2 rings (SSSR count). The fraction of sp³-hybridized carbons (Fsp3) is 0.385. The van der Waals surface area contributed by atoms with E-state index in [1.807, 2.05) is 0 Å². The second-order valence-electron chi connectivity index (χ2n) is 4.54. The van der Waals surface area contributed by atoms with Gasteiger partial charge in [0.15, 0.2) is 0 Å². The van der Waals surface area contributed by atoms with Crippen molar-refractivity contribution in [3.63, 3.8) is 0 Å². The molecule has 0 radical (unpaired) electrons. The Bertz CT molecular complexity index is 521. The van der Waals surface area contributed by atoms with Crippen LogP contribution in [0.2, 0.25) is 0 Å². The number of hydrogen-bond acceptors (Lipinski definition) is 2. The highest BCUT2D eigenvalue weighted by atomic mass is 79.9. The van der Waals surface area contributed by atoms with Crippen LogP contribution in [0.25, 0.3) is 0 Å². The minimum atomic E-state index is -0.455. The van der Waals surface area contributed by atoms with Crippen molar-refractivity contribution < 1.29 is 14.0 Å². The van der Waals surface area contributed by atoms with Gasteiger partial charge >= 0.3 is 0 Å². The maximum atomic E-state index is 13.4. The summed E-state index contributed by atoms with van der Waals surface area (Å²) in [5.74, 6) is -0.783. The maximum Gasteiger partial charge on any atom is 0.255 e. The topological polar surface area (TPSA) is 49.4 Å². The Morgan fingerprint density at radius 3 is 2.89 bits per heavy atom. The average molecular weight is 329 g/mol. The molecule has 0 aliphatic carbocycles. The van der Waals surface area contributed by atoms with Gasteiger partial charge in [-0.1, -0.05) is 6.07 Å². The summed E-state index contributed by atoms with van der Waals surface area (Å²) in [6, 6.07) is 4.37. The number of nitrogens with zero attached hydrogens (tertiary/aromatic N) is 1. The van der Waals surface area contributed by atoms with E-state index in [1.165, 1.54) is 19.1 Å². The van der Waals surface area contributed by atoms with Crippen LogP contribution in [0, 0.1) is 5.82 Å². The number of hydrogen-bond donors (Lipinski definition) is 1. The zero-order valence-electron chi connectivity index (χ0n) is 10.5. The third-order valence-corrected chi connectivity index (χ3v) is 3.87. The van der Waals surface area contributed by atoms with E-state index in [0.717, 1.165) is 6.42 Å². The lowest BCUT2D eigenvalue weighted by molar-refractivity contribution is -0.119. The second kappa shape index (κ2) is 5.69. The summed E-state index contributed by atoms with van der Waals surface area (Å²) < 4.78 is 13.6. The van der Waals surface area contributed by atoms with E-state index in [9.17, 15) is 14.0 Å². The number of carbonyl (C=O) groups is 2. The predicted molar refractivity (Wildman–Crippen MR) is 72.2 cm³/mol. The molecule has 19 heavy (non-hydrogen) atoms. The summed E-state index contributed by atoms with van der Waals surface area (Å²) in [5, 5.41) is 2.79. The van der Waals surface area contributed by atoms with Gasteiger partial charge in [0.1, 0.15) is 5.82 Å². The van der Waals surface area contributed by atoms with Gasteiger partial charge in [-0.25, -0.2) is 4.39 Å². The molecule has 0 spiro atoms. The van der Waals surface area contributed by atoms with Crippen LogP contribution < -0.4 is 5.32 Å². The molecule has 2 amide bonds. The van der Waals surface area contributed by atoms with Gasteiger partial charge in [-0.05, 0) is 34.5 Å². The molecular formula is C13H14BrFN2O2. The summed E-state index contributed by atoms with van der Waals surface area (Å²) in [7, 11) is 0. The number of rotatable bonds is 2. The number of amides is 2. The van der Waals surface area contributed by atoms with Gasteiger partial charge in [-0.2, -0.15) is 0 Å². The van der Waals surface area contributed by atoms with Crippen molar-refractivity contribution >= 4 is 27.7 Å². The Balaban J connectivity index is 2.09. The largest absolute Gasteiger partial charge is 0.352 e. The fourth-order valence-electron chi connectivity index (χ4n) is 2.19. The van der Waals surface area contributed by atoms with Crippen molar-refractivity contribution in [2.24, 2.45) is 0 Å². The molecule has 1 unspecified atom stereocenters. The summed E-state index contributed by atoms with van der Waals surface area (Å²) in [4.78, 5) is 24.9. The number of likely N-dealkylation sites (tertiary alicyclic amines) is 1. The molecule has 1 fully saturated rings. The first kappa shape index (κ1) is 14.0. The summed E-state index contributed by atoms with van der Waals surface area (Å²) in [6.45, 7) is 2.47. The van der Waals surface area contributed by atoms with Crippen LogP contribution in [0.4, 0.5) is 4.39 Å². The summed E-state index contributed by atoms with van der Waals surface area (Å²) in [5.41, 5.74) is 0.309. The first-order chi connectivity index (χ1) is 8.99. The summed E-state index contributed by atoms with van der Waals surface area (Å²) >= 11 is 3.09. The van der Waals surface area contributed by atoms with Gasteiger partial charge in [0.05, 0.1) is 10.0 Å². The SMILES string of the molecule is CC(=O)NC1CCN(C(=O)c2cccc(F)c2Br)C1. The quantitative estimate of drug-likeness (QED) is 0.901. The predicted octanol–water partition coefficient (Wildman–Crippen LogP) is 1.94. The third-order valence-electron chi connectivity index (χ3n) is 3.06. The fourth-order valence-corrected chi connectivity index (χ4v) is 2.62. The van der Waals surface area contributed by atoms with Gasteiger partial charge in [-0.15, -0.1) is 0 Å². The zero-order chi connectivity index (χ0) is 14.0. The zero-order valence-corrected chi connectivity index (χ0v) is 12.0. The molecule has 1 atom stereocenters. The van der Waals surface area contributed by atoms with Crippen molar-refractivity contribution in [3.05, 3.63) is 34.1 Å². The molecule has 1 saturated heterocycles. The van der Waals surface area contributed by atoms with E-state index in [-0.39, 0.29) is 22.3 Å². The van der Waals surface area contributed by atoms with Crippen LogP contribution in [0.5, 0.6) is 0 Å². The molecule has 1 heterocycles. The minimum absolute atomic E-state index is 0.0196. The standard InChI is InChI=1S/C13H14BrFN2O2/c1-8(18)16-9-5-6-17(7-9)13(19)10-3-2-4-11(15)12(10)14/h2-4,9H,5-7H2,1H3,(H,16,18). The van der Waals surface area contributed by atoms with Crippen LogP contribution in [0.15, 0.2) is 22.7 Å². The van der Waals surface area contributed by atoms with Crippen molar-refractivity contribution in [1.82, 2.24) is 10.2 Å². The number of nitrogens with one attached hydrogen (secondary N) is 1. The third kappa shape index (κ3) is 3.12. The van der Waals surface area contributed by atoms with E-state index in [1.54, 1.807) is 11.0 Å². The normalized spacial score (nSPS) is 18.5. The minimum Gasteiger partial charge on any atom is -0.352 e. The molecule has 0 bridgehead atoms. The van der Waals surface area contributed by atoms with Crippen molar-refractivity contribution in [2.45, 2.75) is 19.4 Å². The lowest BCUT2D eigenvalue weighted by Crippen LogP contribution is -2.37. The van der Waals surface area contributed by atoms with Crippen LogP contribution in [0.1, 0.15) is 23.7 Å². The Morgan fingerprint density at radius 2 is 2.21 bits per heavy atom. The first-order valence-corrected chi connectivity index (χ1v) is 6.78. The Hall–Kier alpha value is -1.43. The highest BCUT2D eigenvalue weighted by Gasteiger charge is 2.28. The van der Waals surface area contributed by atoms with Gasteiger partial charge in [-0.3, -0.25) is 9.59 Å². The number of benzene rings is 1. The molecule has 1 aromatic rings. The lowest BCUT2D eigenvalue weighted by atomic mass is 10.2. The van der Waals surface area contributed by atoms with Crippen LogP contribution in [-0.2, 0) is 4.79 Å². The van der Waals surface area contributed by atoms with Crippen molar-refractivity contribution in [3.8, 4) is 0 Å². The van der Waals surface area contributed by atoms with E-state index in [2.05, 4.69) is 21.2 Å². The molecule has 0 saturated carbocycles. The molecule has 1 N–H and O–H groups in total. The lowest BCUT2D eigenvalue weighted by Gasteiger charge is -2.17. The first-order valence-electron chi connectivity index (χ1n) is 5.99. The molecule has 1 aliphatic rings. The van der Waals surface area contributed by atoms with Gasteiger partial charge in [0, 0.05) is 26.1 Å². The molecule has 0 aromatic heterocycles. The Morgan fingerprint density at radius 1 is 1.47 bits per heavy atom. The highest BCUT2D eigenvalue weighted by Crippen LogP contribution is 2.23. The van der Waals surface area contributed by atoms with Crippen LogP contribution in [0.3, 0.4) is 0 Å². The number of carbonyl (C=O) groups excluding carboxylic acids is 2. The van der Waals surface area contributed by atoms with E-state index >= 15 is 0 Å². The molecule has 6 heteroatoms. The van der Waals surface area contributed by atoms with E-state index < -0.39 is 5.82 Å². The molecular weight excluding hydrogens is 315 g/mol. The molecule has 1 aliphatic heterocycles. The van der Waals surface area contributed by atoms with E-state index in [4.69, 9.17) is 0 Å². The Kier molecular flexibility index (Phi) is 4.19. The molecule has 1 aromatic carbocycles. The average Bonchev–Trinajstić information content (AvgIpc) is 2.79. The van der Waals surface area contributed by atoms with Crippen molar-refractivity contribution in [2.75, 3.05) is 13.1 Å². The van der Waals surface area contributed by atoms with Gasteiger partial charge in [0.25, 0.3) is 5.91 Å². The maximum absolute atomic E-state index is 13.4. The van der Waals surface area contributed by atoms with Crippen molar-refractivity contribution in [1.29, 1.82) is 0 Å². The summed E-state index contributed by atoms with van der Waals surface area (Å²) in [6.07, 6.45) is 0.720. The molecule has 102 valence electrons. The number of halogens is 2. The van der Waals surface area contributed by atoms with Gasteiger partial charge < -0.3 is 10.2 Å². The smallest absolute Gasteiger partial charge is 0.255 e.